The summed E-state index contributed by atoms with van der Waals surface area (Å²) in [6, 6.07) is 15.7. The van der Waals surface area contributed by atoms with Gasteiger partial charge in [0.1, 0.15) is 11.6 Å². The molecule has 0 aliphatic heterocycles. The molecule has 11 heteroatoms. The Morgan fingerprint density at radius 2 is 1.74 bits per heavy atom. The first-order valence-corrected chi connectivity index (χ1v) is 14.5. The van der Waals surface area contributed by atoms with E-state index in [0.29, 0.717) is 31.5 Å². The van der Waals surface area contributed by atoms with E-state index in [0.717, 1.165) is 24.0 Å². The summed E-state index contributed by atoms with van der Waals surface area (Å²) in [4.78, 5) is 1.60. The van der Waals surface area contributed by atoms with Gasteiger partial charge in [-0.25, -0.2) is 12.8 Å². The summed E-state index contributed by atoms with van der Waals surface area (Å²) in [6.07, 6.45) is -3.91. The summed E-state index contributed by atoms with van der Waals surface area (Å²) in [5.74, 6) is -0.902. The molecule has 212 valence electrons. The summed E-state index contributed by atoms with van der Waals surface area (Å²) in [5, 5.41) is 9.49. The zero-order chi connectivity index (χ0) is 28.8. The van der Waals surface area contributed by atoms with Crippen molar-refractivity contribution in [1.82, 2.24) is 4.90 Å². The van der Waals surface area contributed by atoms with Crippen LogP contribution in [0.25, 0.3) is 0 Å². The molecule has 0 aliphatic carbocycles. The van der Waals surface area contributed by atoms with E-state index in [-0.39, 0.29) is 34.4 Å². The van der Waals surface area contributed by atoms with Crippen molar-refractivity contribution in [3.05, 3.63) is 93.8 Å². The van der Waals surface area contributed by atoms with Crippen LogP contribution in [0.4, 0.5) is 17.6 Å². The number of aliphatic hydroxyl groups is 1. The van der Waals surface area contributed by atoms with Gasteiger partial charge in [0.25, 0.3) is 0 Å². The number of aliphatic hydroxyl groups excluding tert-OH is 1. The van der Waals surface area contributed by atoms with E-state index >= 15 is 0 Å². The number of hydrogen-bond acceptors (Lipinski definition) is 5. The first-order chi connectivity index (χ1) is 18.3. The van der Waals surface area contributed by atoms with Gasteiger partial charge in [-0.1, -0.05) is 54.1 Å². The number of benzene rings is 3. The van der Waals surface area contributed by atoms with Gasteiger partial charge in [0, 0.05) is 37.5 Å². The summed E-state index contributed by atoms with van der Waals surface area (Å²) >= 11 is 6.12. The average Bonchev–Trinajstić information content (AvgIpc) is 2.84. The van der Waals surface area contributed by atoms with Crippen molar-refractivity contribution >= 4 is 21.4 Å². The molecule has 39 heavy (non-hydrogen) atoms. The SMILES string of the molecule is CC(O)c1c(F)cc(OCCCN(CCc2ccccc2)Cc2cccc(C(F)(F)F)c2Cl)cc1S(C)(=O)=O. The van der Waals surface area contributed by atoms with Gasteiger partial charge in [-0.3, -0.25) is 4.90 Å². The summed E-state index contributed by atoms with van der Waals surface area (Å²) in [5.41, 5.74) is 0.192. The van der Waals surface area contributed by atoms with Crippen molar-refractivity contribution in [1.29, 1.82) is 0 Å². The Morgan fingerprint density at radius 1 is 1.05 bits per heavy atom. The highest BCUT2D eigenvalue weighted by Crippen LogP contribution is 2.36. The third-order valence-electron chi connectivity index (χ3n) is 6.11. The highest BCUT2D eigenvalue weighted by atomic mass is 35.5. The fourth-order valence-electron chi connectivity index (χ4n) is 4.21. The maximum absolute atomic E-state index is 14.6. The second-order valence-corrected chi connectivity index (χ2v) is 11.6. The molecule has 0 spiro atoms. The number of nitrogens with zero attached hydrogens (tertiary/aromatic N) is 1. The zero-order valence-electron chi connectivity index (χ0n) is 21.5. The Balaban J connectivity index is 1.72. The van der Waals surface area contributed by atoms with Crippen molar-refractivity contribution in [2.45, 2.75) is 43.5 Å². The van der Waals surface area contributed by atoms with Crippen molar-refractivity contribution in [2.75, 3.05) is 26.0 Å². The molecule has 0 saturated carbocycles. The second-order valence-electron chi connectivity index (χ2n) is 9.26. The Kier molecular flexibility index (Phi) is 10.4. The van der Waals surface area contributed by atoms with Crippen LogP contribution in [0.2, 0.25) is 5.02 Å². The minimum Gasteiger partial charge on any atom is -0.493 e. The highest BCUT2D eigenvalue weighted by Gasteiger charge is 2.34. The first kappa shape index (κ1) is 30.9. The third-order valence-corrected chi connectivity index (χ3v) is 7.69. The first-order valence-electron chi connectivity index (χ1n) is 12.2. The number of hydrogen-bond donors (Lipinski definition) is 1. The van der Waals surface area contributed by atoms with Crippen LogP contribution in [-0.4, -0.2) is 44.4 Å². The van der Waals surface area contributed by atoms with Gasteiger partial charge in [-0.05, 0) is 43.0 Å². The molecule has 0 heterocycles. The molecule has 5 nitrogen and oxygen atoms in total. The van der Waals surface area contributed by atoms with Gasteiger partial charge in [-0.2, -0.15) is 13.2 Å². The lowest BCUT2D eigenvalue weighted by Crippen LogP contribution is -2.28. The van der Waals surface area contributed by atoms with Crippen LogP contribution >= 0.6 is 11.6 Å². The third kappa shape index (κ3) is 8.66. The van der Waals surface area contributed by atoms with E-state index in [1.807, 2.05) is 35.2 Å². The normalized spacial score (nSPS) is 13.1. The van der Waals surface area contributed by atoms with Crippen LogP contribution < -0.4 is 4.74 Å². The second kappa shape index (κ2) is 13.1. The van der Waals surface area contributed by atoms with Crippen molar-refractivity contribution < 1.29 is 35.8 Å². The van der Waals surface area contributed by atoms with Gasteiger partial charge in [0.2, 0.25) is 0 Å². The molecule has 3 aromatic rings. The van der Waals surface area contributed by atoms with E-state index < -0.39 is 33.5 Å². The van der Waals surface area contributed by atoms with Gasteiger partial charge < -0.3 is 9.84 Å². The largest absolute Gasteiger partial charge is 0.493 e. The van der Waals surface area contributed by atoms with Crippen LogP contribution in [0, 0.1) is 5.82 Å². The molecule has 0 saturated heterocycles. The van der Waals surface area contributed by atoms with Crippen LogP contribution in [0.15, 0.2) is 65.6 Å². The summed E-state index contributed by atoms with van der Waals surface area (Å²) < 4.78 is 84.5. The molecule has 0 amide bonds. The fourth-order valence-corrected chi connectivity index (χ4v) is 5.50. The molecule has 3 rings (SSSR count). The van der Waals surface area contributed by atoms with E-state index in [9.17, 15) is 31.1 Å². The minimum atomic E-state index is -4.57. The van der Waals surface area contributed by atoms with Crippen molar-refractivity contribution in [2.24, 2.45) is 0 Å². The molecule has 1 N–H and O–H groups in total. The predicted molar refractivity (Wildman–Crippen MR) is 142 cm³/mol. The lowest BCUT2D eigenvalue weighted by atomic mass is 10.1. The van der Waals surface area contributed by atoms with Crippen LogP contribution in [0.5, 0.6) is 5.75 Å². The lowest BCUT2D eigenvalue weighted by molar-refractivity contribution is -0.137. The molecule has 1 atom stereocenters. The molecule has 0 radical (unpaired) electrons. The Bertz CT molecular complexity index is 1370. The molecule has 3 aromatic carbocycles. The molecule has 0 bridgehead atoms. The maximum atomic E-state index is 14.6. The smallest absolute Gasteiger partial charge is 0.417 e. The Morgan fingerprint density at radius 3 is 2.36 bits per heavy atom. The van der Waals surface area contributed by atoms with Gasteiger partial charge in [0.15, 0.2) is 9.84 Å². The molecular formula is C28H30ClF4NO4S. The summed E-state index contributed by atoms with van der Waals surface area (Å²) in [6.45, 7) is 2.49. The quantitative estimate of drug-likeness (QED) is 0.194. The Labute approximate surface area is 230 Å². The van der Waals surface area contributed by atoms with Crippen LogP contribution in [0.3, 0.4) is 0 Å². The molecule has 1 unspecified atom stereocenters. The van der Waals surface area contributed by atoms with E-state index in [1.54, 1.807) is 6.07 Å². The standard InChI is InChI=1S/C28H30ClF4NO4S/c1-19(35)26-24(30)16-22(17-25(26)39(2,36)37)38-15-7-13-34(14-12-20-8-4-3-5-9-20)18-21-10-6-11-23(27(21)29)28(31,32)33/h3-6,8-11,16-17,19,35H,7,12-15,18H2,1-2H3. The van der Waals surface area contributed by atoms with E-state index in [4.69, 9.17) is 16.3 Å². The molecular weight excluding hydrogens is 558 g/mol. The van der Waals surface area contributed by atoms with Crippen molar-refractivity contribution in [3.63, 3.8) is 0 Å². The zero-order valence-corrected chi connectivity index (χ0v) is 23.1. The van der Waals surface area contributed by atoms with Crippen molar-refractivity contribution in [3.8, 4) is 5.75 Å². The minimum absolute atomic E-state index is 0.00548. The monoisotopic (exact) mass is 587 g/mol. The maximum Gasteiger partial charge on any atom is 0.417 e. The van der Waals surface area contributed by atoms with Gasteiger partial charge in [-0.15, -0.1) is 0 Å². The van der Waals surface area contributed by atoms with Gasteiger partial charge in [0.05, 0.1) is 28.2 Å². The molecule has 0 fully saturated rings. The number of sulfone groups is 1. The predicted octanol–water partition coefficient (Wildman–Crippen LogP) is 6.47. The highest BCUT2D eigenvalue weighted by molar-refractivity contribution is 7.90. The average molecular weight is 588 g/mol. The topological polar surface area (TPSA) is 66.8 Å². The molecule has 0 aromatic heterocycles. The number of ether oxygens (including phenoxy) is 1. The number of rotatable bonds is 12. The summed E-state index contributed by atoms with van der Waals surface area (Å²) in [7, 11) is -3.83. The Hall–Kier alpha value is -2.66. The number of halogens is 5. The van der Waals surface area contributed by atoms with Crippen LogP contribution in [-0.2, 0) is 29.0 Å². The molecule has 0 aliphatic rings. The van der Waals surface area contributed by atoms with E-state index in [1.165, 1.54) is 19.1 Å². The number of alkyl halides is 3. The van der Waals surface area contributed by atoms with E-state index in [2.05, 4.69) is 0 Å². The fraction of sp³-hybridized carbons (Fsp3) is 0.357. The van der Waals surface area contributed by atoms with Crippen LogP contribution in [0.1, 0.15) is 41.7 Å². The lowest BCUT2D eigenvalue weighted by Gasteiger charge is -2.24. The van der Waals surface area contributed by atoms with Gasteiger partial charge >= 0.3 is 6.18 Å².